The minimum absolute atomic E-state index is 0.105. The summed E-state index contributed by atoms with van der Waals surface area (Å²) in [6.07, 6.45) is 1.11. The van der Waals surface area contributed by atoms with E-state index in [0.29, 0.717) is 6.04 Å². The maximum atomic E-state index is 9.13. The van der Waals surface area contributed by atoms with Crippen molar-refractivity contribution in [1.82, 2.24) is 5.32 Å². The molecule has 0 amide bonds. The van der Waals surface area contributed by atoms with Gasteiger partial charge in [0.05, 0.1) is 6.61 Å². The molecule has 2 N–H and O–H groups in total. The van der Waals surface area contributed by atoms with Gasteiger partial charge in [-0.25, -0.2) is 0 Å². The second-order valence-corrected chi connectivity index (χ2v) is 5.94. The lowest BCUT2D eigenvalue weighted by Gasteiger charge is -2.12. The van der Waals surface area contributed by atoms with Crippen molar-refractivity contribution in [1.29, 1.82) is 0 Å². The van der Waals surface area contributed by atoms with Gasteiger partial charge in [-0.2, -0.15) is 0 Å². The smallest absolute Gasteiger partial charge is 0.0681 e. The summed E-state index contributed by atoms with van der Waals surface area (Å²) in [6, 6.07) is 12.9. The molecule has 1 unspecified atom stereocenters. The van der Waals surface area contributed by atoms with Crippen LogP contribution < -0.4 is 5.32 Å². The van der Waals surface area contributed by atoms with Crippen molar-refractivity contribution in [3.63, 3.8) is 0 Å². The Kier molecular flexibility index (Phi) is 5.14. The first kappa shape index (κ1) is 14.3. The Balaban J connectivity index is 1.93. The molecule has 0 saturated carbocycles. The molecule has 1 aromatic carbocycles. The van der Waals surface area contributed by atoms with Crippen LogP contribution in [0.3, 0.4) is 0 Å². The minimum atomic E-state index is 0.105. The first-order chi connectivity index (χ1) is 9.22. The summed E-state index contributed by atoms with van der Waals surface area (Å²) in [4.78, 5) is 2.82. The summed E-state index contributed by atoms with van der Waals surface area (Å²) in [5.74, 6) is 0. The van der Waals surface area contributed by atoms with Crippen molar-refractivity contribution in [3.8, 4) is 0 Å². The normalized spacial score (nSPS) is 12.6. The molecule has 0 radical (unpaired) electrons. The van der Waals surface area contributed by atoms with Crippen LogP contribution in [-0.2, 0) is 19.6 Å². The second kappa shape index (κ2) is 6.85. The van der Waals surface area contributed by atoms with Gasteiger partial charge in [0.2, 0.25) is 0 Å². The van der Waals surface area contributed by atoms with Crippen molar-refractivity contribution >= 4 is 11.3 Å². The lowest BCUT2D eigenvalue weighted by molar-refractivity contribution is 0.281. The van der Waals surface area contributed by atoms with Gasteiger partial charge in [0, 0.05) is 22.3 Å². The highest BCUT2D eigenvalue weighted by Gasteiger charge is 2.07. The Morgan fingerprint density at radius 2 is 2.00 bits per heavy atom. The van der Waals surface area contributed by atoms with Gasteiger partial charge in [-0.05, 0) is 36.6 Å². The molecule has 2 rings (SSSR count). The fraction of sp³-hybridized carbons (Fsp3) is 0.375. The molecule has 0 aliphatic heterocycles. The summed E-state index contributed by atoms with van der Waals surface area (Å²) < 4.78 is 0. The van der Waals surface area contributed by atoms with Crippen molar-refractivity contribution in [2.45, 2.75) is 39.5 Å². The third-order valence-corrected chi connectivity index (χ3v) is 4.66. The van der Waals surface area contributed by atoms with Crippen LogP contribution in [0.15, 0.2) is 36.4 Å². The number of aliphatic hydroxyl groups is 1. The van der Waals surface area contributed by atoms with E-state index < -0.39 is 0 Å². The van der Waals surface area contributed by atoms with E-state index in [-0.39, 0.29) is 6.61 Å². The highest BCUT2D eigenvalue weighted by Crippen LogP contribution is 2.23. The number of benzene rings is 1. The average molecular weight is 275 g/mol. The average Bonchev–Trinajstić information content (AvgIpc) is 2.94. The van der Waals surface area contributed by atoms with Crippen molar-refractivity contribution in [2.24, 2.45) is 0 Å². The molecule has 0 spiro atoms. The fourth-order valence-corrected chi connectivity index (χ4v) is 3.01. The molecular formula is C16H21NOS. The van der Waals surface area contributed by atoms with Crippen molar-refractivity contribution < 1.29 is 5.11 Å². The Labute approximate surface area is 119 Å². The first-order valence-electron chi connectivity index (χ1n) is 6.73. The SMILES string of the molecule is CCc1ccc(C(C)NCc2cccc(CO)c2)s1. The van der Waals surface area contributed by atoms with E-state index in [1.807, 2.05) is 29.5 Å². The third kappa shape index (κ3) is 3.90. The van der Waals surface area contributed by atoms with Gasteiger partial charge in [-0.15, -0.1) is 11.3 Å². The number of hydrogen-bond acceptors (Lipinski definition) is 3. The summed E-state index contributed by atoms with van der Waals surface area (Å²) >= 11 is 1.88. The van der Waals surface area contributed by atoms with E-state index in [4.69, 9.17) is 5.11 Å². The largest absolute Gasteiger partial charge is 0.392 e. The summed E-state index contributed by atoms with van der Waals surface area (Å²) in [5, 5.41) is 12.7. The molecule has 19 heavy (non-hydrogen) atoms. The molecule has 1 heterocycles. The maximum absolute atomic E-state index is 9.13. The number of aryl methyl sites for hydroxylation is 1. The van der Waals surface area contributed by atoms with Crippen LogP contribution >= 0.6 is 11.3 Å². The first-order valence-corrected chi connectivity index (χ1v) is 7.55. The number of hydrogen-bond donors (Lipinski definition) is 2. The second-order valence-electron chi connectivity index (χ2n) is 4.74. The van der Waals surface area contributed by atoms with Crippen LogP contribution in [0.4, 0.5) is 0 Å². The molecule has 2 aromatic rings. The van der Waals surface area contributed by atoms with Gasteiger partial charge in [0.1, 0.15) is 0 Å². The predicted molar refractivity (Wildman–Crippen MR) is 81.3 cm³/mol. The monoisotopic (exact) mass is 275 g/mol. The van der Waals surface area contributed by atoms with E-state index >= 15 is 0 Å². The van der Waals surface area contributed by atoms with Gasteiger partial charge in [-0.1, -0.05) is 31.2 Å². The molecule has 1 atom stereocenters. The molecule has 0 bridgehead atoms. The number of nitrogens with one attached hydrogen (secondary N) is 1. The molecule has 1 aromatic heterocycles. The molecule has 0 aliphatic rings. The van der Waals surface area contributed by atoms with Gasteiger partial charge in [0.15, 0.2) is 0 Å². The van der Waals surface area contributed by atoms with Crippen LogP contribution in [0.2, 0.25) is 0 Å². The summed E-state index contributed by atoms with van der Waals surface area (Å²) in [7, 11) is 0. The Morgan fingerprint density at radius 3 is 2.68 bits per heavy atom. The van der Waals surface area contributed by atoms with E-state index in [2.05, 4.69) is 37.4 Å². The molecule has 102 valence electrons. The summed E-state index contributed by atoms with van der Waals surface area (Å²) in [5.41, 5.74) is 2.18. The van der Waals surface area contributed by atoms with E-state index in [0.717, 1.165) is 18.5 Å². The van der Waals surface area contributed by atoms with Crippen LogP contribution in [0.1, 0.15) is 40.8 Å². The topological polar surface area (TPSA) is 32.3 Å². The standard InChI is InChI=1S/C16H21NOS/c1-3-15-7-8-16(19-15)12(2)17-10-13-5-4-6-14(9-13)11-18/h4-9,12,17-18H,3,10-11H2,1-2H3. The van der Waals surface area contributed by atoms with E-state index in [1.165, 1.54) is 15.3 Å². The van der Waals surface area contributed by atoms with Gasteiger partial charge < -0.3 is 10.4 Å². The predicted octanol–water partition coefficient (Wildman–Crippen LogP) is 3.65. The van der Waals surface area contributed by atoms with E-state index in [1.54, 1.807) is 0 Å². The zero-order valence-electron chi connectivity index (χ0n) is 11.5. The fourth-order valence-electron chi connectivity index (χ4n) is 2.03. The van der Waals surface area contributed by atoms with Crippen LogP contribution in [0.5, 0.6) is 0 Å². The van der Waals surface area contributed by atoms with Crippen LogP contribution in [0, 0.1) is 0 Å². The quantitative estimate of drug-likeness (QED) is 0.843. The zero-order chi connectivity index (χ0) is 13.7. The molecule has 0 fully saturated rings. The Hall–Kier alpha value is -1.16. The van der Waals surface area contributed by atoms with Gasteiger partial charge in [0.25, 0.3) is 0 Å². The molecule has 0 saturated heterocycles. The molecule has 0 aliphatic carbocycles. The van der Waals surface area contributed by atoms with Crippen molar-refractivity contribution in [2.75, 3.05) is 0 Å². The highest BCUT2D eigenvalue weighted by molar-refractivity contribution is 7.12. The van der Waals surface area contributed by atoms with Crippen LogP contribution in [0.25, 0.3) is 0 Å². The molecular weight excluding hydrogens is 254 g/mol. The van der Waals surface area contributed by atoms with Gasteiger partial charge >= 0.3 is 0 Å². The van der Waals surface area contributed by atoms with Gasteiger partial charge in [-0.3, -0.25) is 0 Å². The Morgan fingerprint density at radius 1 is 1.21 bits per heavy atom. The summed E-state index contributed by atoms with van der Waals surface area (Å²) in [6.45, 7) is 5.32. The maximum Gasteiger partial charge on any atom is 0.0681 e. The number of thiophene rings is 1. The number of rotatable bonds is 6. The van der Waals surface area contributed by atoms with Crippen molar-refractivity contribution in [3.05, 3.63) is 57.3 Å². The zero-order valence-corrected chi connectivity index (χ0v) is 12.3. The lowest BCUT2D eigenvalue weighted by Crippen LogP contribution is -2.17. The van der Waals surface area contributed by atoms with Crippen LogP contribution in [-0.4, -0.2) is 5.11 Å². The minimum Gasteiger partial charge on any atom is -0.392 e. The molecule has 2 nitrogen and oxygen atoms in total. The Bertz CT molecular complexity index is 521. The number of aliphatic hydroxyl groups excluding tert-OH is 1. The third-order valence-electron chi connectivity index (χ3n) is 3.24. The molecule has 3 heteroatoms. The highest BCUT2D eigenvalue weighted by atomic mass is 32.1. The lowest BCUT2D eigenvalue weighted by atomic mass is 10.1. The van der Waals surface area contributed by atoms with E-state index in [9.17, 15) is 0 Å².